The third-order valence-corrected chi connectivity index (χ3v) is 4.26. The van der Waals surface area contributed by atoms with Crippen molar-refractivity contribution in [3.63, 3.8) is 0 Å². The summed E-state index contributed by atoms with van der Waals surface area (Å²) in [4.78, 5) is 15.9. The minimum Gasteiger partial charge on any atom is -0.368 e. The highest BCUT2D eigenvalue weighted by molar-refractivity contribution is 5.92. The van der Waals surface area contributed by atoms with E-state index in [1.807, 2.05) is 50.2 Å². The van der Waals surface area contributed by atoms with Crippen molar-refractivity contribution in [2.75, 3.05) is 16.4 Å². The maximum Gasteiger partial charge on any atom is 0.248 e. The molecule has 0 bridgehead atoms. The number of nitrogen functional groups attached to an aromatic ring is 1. The standard InChI is InChI=1S/C20H24N6O/c1-11(2)18(27)22-15-7-5-14(6-8-15)17-12(3)9-16(10-13(17)4)23-20-24-19(21)25-26-20/h5-11H,1-4H3,(H,22,27)(H4,21,23,24,25,26). The van der Waals surface area contributed by atoms with Gasteiger partial charge in [0, 0.05) is 17.3 Å². The molecule has 7 heteroatoms. The number of H-pyrrole nitrogens is 1. The Labute approximate surface area is 158 Å². The molecule has 0 aliphatic rings. The molecule has 0 fully saturated rings. The normalized spacial score (nSPS) is 10.9. The van der Waals surface area contributed by atoms with Crippen LogP contribution >= 0.6 is 0 Å². The summed E-state index contributed by atoms with van der Waals surface area (Å²) in [6.07, 6.45) is 0. The number of nitrogens with two attached hydrogens (primary N) is 1. The molecule has 0 aliphatic carbocycles. The van der Waals surface area contributed by atoms with Crippen LogP contribution in [0.3, 0.4) is 0 Å². The van der Waals surface area contributed by atoms with E-state index in [1.165, 1.54) is 0 Å². The summed E-state index contributed by atoms with van der Waals surface area (Å²) < 4.78 is 0. The molecule has 3 rings (SSSR count). The Morgan fingerprint density at radius 2 is 1.70 bits per heavy atom. The van der Waals surface area contributed by atoms with Crippen molar-refractivity contribution in [1.29, 1.82) is 0 Å². The van der Waals surface area contributed by atoms with Crippen LogP contribution in [0.25, 0.3) is 11.1 Å². The number of anilines is 4. The van der Waals surface area contributed by atoms with Gasteiger partial charge in [-0.2, -0.15) is 4.98 Å². The Morgan fingerprint density at radius 3 is 2.22 bits per heavy atom. The molecule has 0 radical (unpaired) electrons. The Balaban J connectivity index is 1.83. The Morgan fingerprint density at radius 1 is 1.07 bits per heavy atom. The predicted octanol–water partition coefficient (Wildman–Crippen LogP) is 4.01. The highest BCUT2D eigenvalue weighted by atomic mass is 16.1. The van der Waals surface area contributed by atoms with Gasteiger partial charge in [0.1, 0.15) is 0 Å². The summed E-state index contributed by atoms with van der Waals surface area (Å²) in [7, 11) is 0. The van der Waals surface area contributed by atoms with Crippen LogP contribution in [0.2, 0.25) is 0 Å². The Kier molecular flexibility index (Phi) is 5.12. The van der Waals surface area contributed by atoms with Crippen LogP contribution < -0.4 is 16.4 Å². The summed E-state index contributed by atoms with van der Waals surface area (Å²) in [5.74, 6) is 0.670. The van der Waals surface area contributed by atoms with E-state index < -0.39 is 0 Å². The lowest BCUT2D eigenvalue weighted by molar-refractivity contribution is -0.118. The molecule has 27 heavy (non-hydrogen) atoms. The van der Waals surface area contributed by atoms with Gasteiger partial charge in [0.05, 0.1) is 0 Å². The molecule has 7 nitrogen and oxygen atoms in total. The second-order valence-corrected chi connectivity index (χ2v) is 6.88. The molecular weight excluding hydrogens is 340 g/mol. The van der Waals surface area contributed by atoms with Crippen LogP contribution in [0.4, 0.5) is 23.3 Å². The average molecular weight is 364 g/mol. The van der Waals surface area contributed by atoms with E-state index in [0.717, 1.165) is 33.6 Å². The van der Waals surface area contributed by atoms with Gasteiger partial charge in [-0.05, 0) is 60.4 Å². The number of aromatic amines is 1. The lowest BCUT2D eigenvalue weighted by atomic mass is 9.95. The fourth-order valence-corrected chi connectivity index (χ4v) is 2.96. The van der Waals surface area contributed by atoms with Crippen molar-refractivity contribution in [3.8, 4) is 11.1 Å². The zero-order chi connectivity index (χ0) is 19.6. The fourth-order valence-electron chi connectivity index (χ4n) is 2.96. The first-order valence-electron chi connectivity index (χ1n) is 8.81. The molecular formula is C20H24N6O. The van der Waals surface area contributed by atoms with E-state index in [0.29, 0.717) is 5.95 Å². The molecule has 1 aromatic heterocycles. The SMILES string of the molecule is Cc1cc(Nc2n[nH]c(N)n2)cc(C)c1-c1ccc(NC(=O)C(C)C)cc1. The number of nitrogens with zero attached hydrogens (tertiary/aromatic N) is 2. The minimum absolute atomic E-state index is 0.0122. The number of aryl methyl sites for hydroxylation is 2. The van der Waals surface area contributed by atoms with Crippen LogP contribution in [0.15, 0.2) is 36.4 Å². The third kappa shape index (κ3) is 4.25. The van der Waals surface area contributed by atoms with Gasteiger partial charge in [0.25, 0.3) is 0 Å². The second kappa shape index (κ2) is 7.49. The van der Waals surface area contributed by atoms with E-state index in [1.54, 1.807) is 0 Å². The summed E-state index contributed by atoms with van der Waals surface area (Å²) >= 11 is 0. The van der Waals surface area contributed by atoms with E-state index in [4.69, 9.17) is 5.73 Å². The molecule has 0 atom stereocenters. The summed E-state index contributed by atoms with van der Waals surface area (Å²) in [6.45, 7) is 7.88. The number of amides is 1. The van der Waals surface area contributed by atoms with Gasteiger partial charge in [-0.3, -0.25) is 4.79 Å². The second-order valence-electron chi connectivity index (χ2n) is 6.88. The first-order valence-corrected chi connectivity index (χ1v) is 8.81. The number of aromatic nitrogens is 3. The molecule has 140 valence electrons. The van der Waals surface area contributed by atoms with Gasteiger partial charge in [0.15, 0.2) is 0 Å². The number of nitrogens with one attached hydrogen (secondary N) is 3. The maximum absolute atomic E-state index is 11.8. The van der Waals surface area contributed by atoms with Crippen LogP contribution in [-0.4, -0.2) is 21.1 Å². The fraction of sp³-hybridized carbons (Fsp3) is 0.250. The monoisotopic (exact) mass is 364 g/mol. The molecule has 1 heterocycles. The van der Waals surface area contributed by atoms with Crippen molar-refractivity contribution in [3.05, 3.63) is 47.5 Å². The largest absolute Gasteiger partial charge is 0.368 e. The van der Waals surface area contributed by atoms with Gasteiger partial charge < -0.3 is 16.4 Å². The number of benzene rings is 2. The maximum atomic E-state index is 11.8. The van der Waals surface area contributed by atoms with Crippen molar-refractivity contribution >= 4 is 29.2 Å². The molecule has 0 aliphatic heterocycles. The minimum atomic E-state index is -0.0476. The van der Waals surface area contributed by atoms with Crippen LogP contribution in [0.5, 0.6) is 0 Å². The number of hydrogen-bond acceptors (Lipinski definition) is 5. The molecule has 0 saturated carbocycles. The lowest BCUT2D eigenvalue weighted by Gasteiger charge is -2.14. The number of hydrogen-bond donors (Lipinski definition) is 4. The van der Waals surface area contributed by atoms with Crippen LogP contribution in [0, 0.1) is 19.8 Å². The molecule has 5 N–H and O–H groups in total. The van der Waals surface area contributed by atoms with Gasteiger partial charge in [-0.25, -0.2) is 5.10 Å². The van der Waals surface area contributed by atoms with Crippen molar-refractivity contribution in [2.24, 2.45) is 5.92 Å². The number of carbonyl (C=O) groups excluding carboxylic acids is 1. The number of carbonyl (C=O) groups is 1. The van der Waals surface area contributed by atoms with Crippen LogP contribution in [0.1, 0.15) is 25.0 Å². The lowest BCUT2D eigenvalue weighted by Crippen LogP contribution is -2.17. The van der Waals surface area contributed by atoms with Gasteiger partial charge in [-0.1, -0.05) is 26.0 Å². The average Bonchev–Trinajstić information content (AvgIpc) is 3.00. The topological polar surface area (TPSA) is 109 Å². The first kappa shape index (κ1) is 18.4. The van der Waals surface area contributed by atoms with Crippen molar-refractivity contribution < 1.29 is 4.79 Å². The smallest absolute Gasteiger partial charge is 0.248 e. The van der Waals surface area contributed by atoms with Crippen molar-refractivity contribution in [1.82, 2.24) is 15.2 Å². The van der Waals surface area contributed by atoms with Gasteiger partial charge in [0.2, 0.25) is 17.8 Å². The quantitative estimate of drug-likeness (QED) is 0.547. The van der Waals surface area contributed by atoms with Gasteiger partial charge >= 0.3 is 0 Å². The number of rotatable bonds is 5. The molecule has 0 unspecified atom stereocenters. The summed E-state index contributed by atoms with van der Waals surface area (Å²) in [5.41, 5.74) is 11.8. The highest BCUT2D eigenvalue weighted by Crippen LogP contribution is 2.31. The van der Waals surface area contributed by atoms with Gasteiger partial charge in [-0.15, -0.1) is 5.10 Å². The Hall–Kier alpha value is -3.35. The Bertz CT molecular complexity index is 936. The van der Waals surface area contributed by atoms with E-state index in [-0.39, 0.29) is 17.8 Å². The van der Waals surface area contributed by atoms with E-state index in [2.05, 4.69) is 39.7 Å². The van der Waals surface area contributed by atoms with Crippen molar-refractivity contribution in [2.45, 2.75) is 27.7 Å². The molecule has 1 amide bonds. The zero-order valence-corrected chi connectivity index (χ0v) is 15.9. The zero-order valence-electron chi connectivity index (χ0n) is 15.9. The summed E-state index contributed by atoms with van der Waals surface area (Å²) in [6, 6.07) is 12.0. The molecule has 2 aromatic carbocycles. The molecule has 0 spiro atoms. The third-order valence-electron chi connectivity index (χ3n) is 4.26. The first-order chi connectivity index (χ1) is 12.8. The van der Waals surface area contributed by atoms with Crippen LogP contribution in [-0.2, 0) is 4.79 Å². The van der Waals surface area contributed by atoms with E-state index in [9.17, 15) is 4.79 Å². The summed E-state index contributed by atoms with van der Waals surface area (Å²) in [5, 5.41) is 12.7. The van der Waals surface area contributed by atoms with E-state index >= 15 is 0 Å². The molecule has 0 saturated heterocycles. The molecule has 3 aromatic rings. The highest BCUT2D eigenvalue weighted by Gasteiger charge is 2.11. The predicted molar refractivity (Wildman–Crippen MR) is 109 cm³/mol.